The summed E-state index contributed by atoms with van der Waals surface area (Å²) < 4.78 is 25.6. The Kier molecular flexibility index (Phi) is 8.47. The molecule has 2 aliphatic rings. The summed E-state index contributed by atoms with van der Waals surface area (Å²) in [5, 5.41) is 12.5. The van der Waals surface area contributed by atoms with Gasteiger partial charge in [0.25, 0.3) is 0 Å². The molecule has 10 heteroatoms. The molecule has 1 amide bonds. The average Bonchev–Trinajstić information content (AvgIpc) is 2.92. The van der Waals surface area contributed by atoms with Crippen LogP contribution in [-0.2, 0) is 25.5 Å². The topological polar surface area (TPSA) is 123 Å². The summed E-state index contributed by atoms with van der Waals surface area (Å²) in [5.41, 5.74) is -0.126. The molecule has 4 atom stereocenters. The van der Waals surface area contributed by atoms with Gasteiger partial charge in [-0.15, -0.1) is 0 Å². The van der Waals surface area contributed by atoms with Crippen LogP contribution in [0.15, 0.2) is 4.99 Å². The Morgan fingerprint density at radius 1 is 1.30 bits per heavy atom. The molecule has 1 aromatic heterocycles. The van der Waals surface area contributed by atoms with E-state index in [9.17, 15) is 19.1 Å². The first kappa shape index (κ1) is 25.2. The predicted octanol–water partition coefficient (Wildman–Crippen LogP) is 3.26. The molecule has 0 aromatic carbocycles. The highest BCUT2D eigenvalue weighted by molar-refractivity contribution is 5.93. The largest absolute Gasteiger partial charge is 0.459 e. The monoisotopic (exact) mass is 464 g/mol. The van der Waals surface area contributed by atoms with Gasteiger partial charge in [0.15, 0.2) is 5.82 Å². The van der Waals surface area contributed by atoms with Crippen molar-refractivity contribution in [3.8, 4) is 0 Å². The maximum atomic E-state index is 14.0. The number of aromatic nitrogens is 2. The Morgan fingerprint density at radius 2 is 2.06 bits per heavy atom. The minimum Gasteiger partial charge on any atom is -0.459 e. The van der Waals surface area contributed by atoms with Gasteiger partial charge in [-0.2, -0.15) is 9.37 Å². The summed E-state index contributed by atoms with van der Waals surface area (Å²) in [6, 6.07) is 0. The molecule has 2 aliphatic heterocycles. The molecule has 1 fully saturated rings. The molecule has 33 heavy (non-hydrogen) atoms. The normalized spacial score (nSPS) is 26.5. The first-order valence-electron chi connectivity index (χ1n) is 11.7. The molecular formula is C23H33FN4O5. The Bertz CT molecular complexity index is 896. The molecule has 3 rings (SSSR count). The first-order valence-corrected chi connectivity index (χ1v) is 11.7. The highest BCUT2D eigenvalue weighted by atomic mass is 19.1. The van der Waals surface area contributed by atoms with Crippen LogP contribution in [0.25, 0.3) is 0 Å². The fourth-order valence-corrected chi connectivity index (χ4v) is 4.25. The number of hydrogen-bond donors (Lipinski definition) is 2. The van der Waals surface area contributed by atoms with Crippen molar-refractivity contribution in [2.45, 2.75) is 89.9 Å². The first-order chi connectivity index (χ1) is 15.8. The van der Waals surface area contributed by atoms with Gasteiger partial charge < -0.3 is 19.9 Å². The molecule has 0 saturated carbocycles. The Hall–Kier alpha value is -2.46. The Morgan fingerprint density at radius 3 is 2.76 bits per heavy atom. The average molecular weight is 465 g/mol. The quantitative estimate of drug-likeness (QED) is 0.425. The number of halogens is 1. The predicted molar refractivity (Wildman–Crippen MR) is 120 cm³/mol. The fourth-order valence-electron chi connectivity index (χ4n) is 4.25. The molecule has 9 nitrogen and oxygen atoms in total. The van der Waals surface area contributed by atoms with Crippen LogP contribution in [0.4, 0.5) is 15.9 Å². The van der Waals surface area contributed by atoms with E-state index in [-0.39, 0.29) is 36.3 Å². The number of nitrogens with zero attached hydrogens (tertiary/aromatic N) is 3. The van der Waals surface area contributed by atoms with Crippen LogP contribution in [-0.4, -0.2) is 57.6 Å². The van der Waals surface area contributed by atoms with Crippen molar-refractivity contribution in [2.24, 2.45) is 10.9 Å². The van der Waals surface area contributed by atoms with Gasteiger partial charge in [0.1, 0.15) is 17.4 Å². The smallest absolute Gasteiger partial charge is 0.310 e. The van der Waals surface area contributed by atoms with Crippen LogP contribution < -0.4 is 5.32 Å². The number of aliphatic hydroxyl groups is 1. The van der Waals surface area contributed by atoms with Crippen molar-refractivity contribution in [1.29, 1.82) is 0 Å². The van der Waals surface area contributed by atoms with E-state index in [0.717, 1.165) is 0 Å². The molecule has 0 bridgehead atoms. The van der Waals surface area contributed by atoms with Crippen LogP contribution >= 0.6 is 0 Å². The minimum absolute atomic E-state index is 0.000472. The third-order valence-electron chi connectivity index (χ3n) is 6.03. The second-order valence-corrected chi connectivity index (χ2v) is 8.92. The maximum absolute atomic E-state index is 14.0. The number of rotatable bonds is 9. The van der Waals surface area contributed by atoms with E-state index in [0.29, 0.717) is 62.7 Å². The summed E-state index contributed by atoms with van der Waals surface area (Å²) in [5.74, 6) is -0.462. The zero-order chi connectivity index (χ0) is 24.0. The van der Waals surface area contributed by atoms with E-state index >= 15 is 0 Å². The van der Waals surface area contributed by atoms with Crippen LogP contribution in [0.2, 0.25) is 0 Å². The van der Waals surface area contributed by atoms with Gasteiger partial charge in [-0.3, -0.25) is 14.6 Å². The summed E-state index contributed by atoms with van der Waals surface area (Å²) in [6.07, 6.45) is 4.30. The number of aryl methyl sites for hydroxylation is 1. The lowest BCUT2D eigenvalue weighted by Crippen LogP contribution is -2.42. The molecule has 0 spiro atoms. The summed E-state index contributed by atoms with van der Waals surface area (Å²) in [6.45, 7) is 5.28. The van der Waals surface area contributed by atoms with E-state index in [1.807, 2.05) is 13.8 Å². The molecule has 1 unspecified atom stereocenters. The summed E-state index contributed by atoms with van der Waals surface area (Å²) in [7, 11) is 0. The van der Waals surface area contributed by atoms with Crippen molar-refractivity contribution >= 4 is 29.6 Å². The van der Waals surface area contributed by atoms with Gasteiger partial charge >= 0.3 is 12.0 Å². The number of aliphatic imine (C=N–C) groups is 1. The zero-order valence-corrected chi connectivity index (χ0v) is 19.5. The van der Waals surface area contributed by atoms with Gasteiger partial charge in [-0.25, -0.2) is 4.98 Å². The molecule has 1 aromatic rings. The number of amides is 1. The van der Waals surface area contributed by atoms with Crippen molar-refractivity contribution in [2.75, 3.05) is 11.9 Å². The highest BCUT2D eigenvalue weighted by Gasteiger charge is 2.47. The van der Waals surface area contributed by atoms with E-state index in [2.05, 4.69) is 20.3 Å². The number of carbonyl (C=O) groups excluding carboxylic acids is 2. The molecule has 3 heterocycles. The van der Waals surface area contributed by atoms with E-state index in [1.165, 1.54) is 0 Å². The number of esters is 1. The van der Waals surface area contributed by atoms with Gasteiger partial charge in [0.05, 0.1) is 18.4 Å². The standard InChI is InChI=1S/C23H33FN4O5/c1-4-6-18(30)27-21-20-16(26-22(24)28-21)9-8-14(12-25-20)10-15-11-17(23(3,13-29)33-15)32-19(31)7-5-2/h12,14-15,17,29H,4-11,13H2,1-3H3,(H,26,27,28,30)/t14?,15-,17-,23+/m0/s1. The molecule has 0 radical (unpaired) electrons. The molecule has 0 aliphatic carbocycles. The van der Waals surface area contributed by atoms with E-state index in [1.54, 1.807) is 13.1 Å². The number of aliphatic hydroxyl groups excluding tert-OH is 1. The lowest BCUT2D eigenvalue weighted by molar-refractivity contribution is -0.162. The lowest BCUT2D eigenvalue weighted by atomic mass is 9.94. The molecule has 182 valence electrons. The van der Waals surface area contributed by atoms with Crippen molar-refractivity contribution < 1.29 is 28.6 Å². The van der Waals surface area contributed by atoms with E-state index in [4.69, 9.17) is 9.47 Å². The summed E-state index contributed by atoms with van der Waals surface area (Å²) >= 11 is 0. The molecule has 2 N–H and O–H groups in total. The number of fused-ring (bicyclic) bond motifs is 1. The Labute approximate surface area is 193 Å². The zero-order valence-electron chi connectivity index (χ0n) is 19.5. The van der Waals surface area contributed by atoms with Gasteiger partial charge in [-0.05, 0) is 44.9 Å². The van der Waals surface area contributed by atoms with Gasteiger partial charge in [-0.1, -0.05) is 13.8 Å². The van der Waals surface area contributed by atoms with Crippen molar-refractivity contribution in [1.82, 2.24) is 9.97 Å². The number of hydrogen-bond acceptors (Lipinski definition) is 8. The molecule has 1 saturated heterocycles. The highest BCUT2D eigenvalue weighted by Crippen LogP contribution is 2.37. The lowest BCUT2D eigenvalue weighted by Gasteiger charge is -2.28. The number of ether oxygens (including phenoxy) is 2. The number of carbonyl (C=O) groups is 2. The number of anilines is 1. The Balaban J connectivity index is 1.69. The summed E-state index contributed by atoms with van der Waals surface area (Å²) in [4.78, 5) is 36.1. The fraction of sp³-hybridized carbons (Fsp3) is 0.696. The van der Waals surface area contributed by atoms with Crippen LogP contribution in [0.5, 0.6) is 0 Å². The minimum atomic E-state index is -0.954. The third kappa shape index (κ3) is 6.32. The number of nitrogens with one attached hydrogen (secondary N) is 1. The van der Waals surface area contributed by atoms with Crippen molar-refractivity contribution in [3.05, 3.63) is 11.8 Å². The molecular weight excluding hydrogens is 431 g/mol. The van der Waals surface area contributed by atoms with Crippen LogP contribution in [0.3, 0.4) is 0 Å². The van der Waals surface area contributed by atoms with Gasteiger partial charge in [0, 0.05) is 25.5 Å². The van der Waals surface area contributed by atoms with Crippen LogP contribution in [0.1, 0.15) is 71.4 Å². The van der Waals surface area contributed by atoms with Crippen molar-refractivity contribution in [3.63, 3.8) is 0 Å². The second-order valence-electron chi connectivity index (χ2n) is 8.92. The maximum Gasteiger partial charge on any atom is 0.310 e. The van der Waals surface area contributed by atoms with Gasteiger partial charge in [0.2, 0.25) is 5.91 Å². The third-order valence-corrected chi connectivity index (χ3v) is 6.03. The van der Waals surface area contributed by atoms with Crippen LogP contribution in [0, 0.1) is 12.0 Å². The SMILES string of the molecule is CCCC(=O)Nc1nc(F)nc2c1N=CC(C[C@H]1C[C@H](OC(=O)CCC)[C@@](C)(CO)O1)CC2. The second kappa shape index (κ2) is 11.1. The van der Waals surface area contributed by atoms with E-state index < -0.39 is 17.8 Å².